The molecule has 1 aliphatic carbocycles. The lowest BCUT2D eigenvalue weighted by atomic mass is 9.86. The Morgan fingerprint density at radius 2 is 2.07 bits per heavy atom. The number of benzene rings is 1. The summed E-state index contributed by atoms with van der Waals surface area (Å²) in [5.74, 6) is 1.08. The van der Waals surface area contributed by atoms with Crippen LogP contribution in [0.3, 0.4) is 0 Å². The van der Waals surface area contributed by atoms with Gasteiger partial charge < -0.3 is 15.0 Å². The number of rotatable bonds is 6. The maximum atomic E-state index is 13.9. The van der Waals surface area contributed by atoms with Crippen LogP contribution in [0.2, 0.25) is 0 Å². The molecule has 1 aliphatic heterocycles. The number of hydrogen-bond acceptors (Lipinski definition) is 6. The molecular weight excluding hydrogens is 405 g/mol. The van der Waals surface area contributed by atoms with Gasteiger partial charge in [0.2, 0.25) is 11.9 Å². The van der Waals surface area contributed by atoms with E-state index in [2.05, 4.69) is 27.3 Å². The number of morpholine rings is 1. The molecule has 0 spiro atoms. The van der Waals surface area contributed by atoms with E-state index in [1.807, 2.05) is 10.6 Å². The van der Waals surface area contributed by atoms with Crippen LogP contribution in [0, 0.1) is 11.7 Å². The van der Waals surface area contributed by atoms with Gasteiger partial charge in [-0.2, -0.15) is 0 Å². The van der Waals surface area contributed by atoms with E-state index in [1.54, 1.807) is 6.07 Å². The molecular formula is C21H28FN5O2S. The van der Waals surface area contributed by atoms with Crippen LogP contribution < -0.4 is 10.2 Å². The molecule has 2 aliphatic rings. The molecule has 2 atom stereocenters. The highest BCUT2D eigenvalue weighted by Crippen LogP contribution is 2.28. The second-order valence-corrected chi connectivity index (χ2v) is 8.86. The maximum Gasteiger partial charge on any atom is 0.232 e. The Hall–Kier alpha value is -2.13. The molecule has 7 nitrogen and oxygen atoms in total. The maximum absolute atomic E-state index is 13.9. The number of nitrogens with zero attached hydrogens (tertiary/aromatic N) is 4. The van der Waals surface area contributed by atoms with Gasteiger partial charge in [0.15, 0.2) is 5.16 Å². The third kappa shape index (κ3) is 4.95. The van der Waals surface area contributed by atoms with Crippen LogP contribution in [0.5, 0.6) is 0 Å². The van der Waals surface area contributed by atoms with Crippen molar-refractivity contribution in [2.75, 3.05) is 37.0 Å². The first-order valence-electron chi connectivity index (χ1n) is 10.6. The van der Waals surface area contributed by atoms with Gasteiger partial charge in [-0.3, -0.25) is 9.36 Å². The number of carbonyl (C=O) groups is 1. The van der Waals surface area contributed by atoms with E-state index in [4.69, 9.17) is 4.74 Å². The van der Waals surface area contributed by atoms with Gasteiger partial charge in [-0.25, -0.2) is 4.39 Å². The second kappa shape index (κ2) is 9.78. The van der Waals surface area contributed by atoms with Crippen LogP contribution in [0.25, 0.3) is 5.69 Å². The van der Waals surface area contributed by atoms with Gasteiger partial charge in [-0.05, 0) is 37.0 Å². The minimum absolute atomic E-state index is 0.000430. The zero-order chi connectivity index (χ0) is 20.9. The molecule has 1 aromatic carbocycles. The van der Waals surface area contributed by atoms with Gasteiger partial charge in [0.25, 0.3) is 0 Å². The summed E-state index contributed by atoms with van der Waals surface area (Å²) >= 11 is 1.33. The molecule has 2 heterocycles. The Balaban J connectivity index is 1.51. The van der Waals surface area contributed by atoms with Gasteiger partial charge in [0.1, 0.15) is 5.82 Å². The molecule has 1 amide bonds. The van der Waals surface area contributed by atoms with Crippen molar-refractivity contribution in [2.24, 2.45) is 5.92 Å². The van der Waals surface area contributed by atoms with Crippen LogP contribution >= 0.6 is 11.8 Å². The fourth-order valence-corrected chi connectivity index (χ4v) is 4.83. The molecule has 1 aromatic heterocycles. The summed E-state index contributed by atoms with van der Waals surface area (Å²) < 4.78 is 21.2. The highest BCUT2D eigenvalue weighted by atomic mass is 32.2. The number of thioether (sulfide) groups is 1. The van der Waals surface area contributed by atoms with Gasteiger partial charge in [-0.15, -0.1) is 10.2 Å². The molecule has 2 fully saturated rings. The summed E-state index contributed by atoms with van der Waals surface area (Å²) in [6, 6.07) is 6.61. The molecule has 30 heavy (non-hydrogen) atoms. The lowest BCUT2D eigenvalue weighted by Gasteiger charge is -2.29. The predicted molar refractivity (Wildman–Crippen MR) is 115 cm³/mol. The Labute approximate surface area is 180 Å². The molecule has 0 radical (unpaired) electrons. The van der Waals surface area contributed by atoms with E-state index >= 15 is 0 Å². The third-order valence-corrected chi connectivity index (χ3v) is 6.70. The average Bonchev–Trinajstić information content (AvgIpc) is 3.18. The van der Waals surface area contributed by atoms with Crippen LogP contribution in [0.1, 0.15) is 32.6 Å². The van der Waals surface area contributed by atoms with Crippen LogP contribution in [0.15, 0.2) is 29.4 Å². The first-order valence-corrected chi connectivity index (χ1v) is 11.6. The number of halogens is 1. The fourth-order valence-electron chi connectivity index (χ4n) is 4.07. The van der Waals surface area contributed by atoms with Crippen molar-refractivity contribution < 1.29 is 13.9 Å². The summed E-state index contributed by atoms with van der Waals surface area (Å²) in [4.78, 5) is 14.6. The van der Waals surface area contributed by atoms with E-state index in [9.17, 15) is 9.18 Å². The monoisotopic (exact) mass is 433 g/mol. The highest BCUT2D eigenvalue weighted by Gasteiger charge is 2.25. The van der Waals surface area contributed by atoms with Gasteiger partial charge >= 0.3 is 0 Å². The molecule has 162 valence electrons. The van der Waals surface area contributed by atoms with Crippen molar-refractivity contribution in [1.82, 2.24) is 20.1 Å². The molecule has 1 saturated heterocycles. The van der Waals surface area contributed by atoms with Gasteiger partial charge in [0, 0.05) is 19.1 Å². The van der Waals surface area contributed by atoms with Crippen LogP contribution in [-0.2, 0) is 9.53 Å². The topological polar surface area (TPSA) is 72.3 Å². The number of aromatic nitrogens is 3. The number of amides is 1. The molecule has 0 bridgehead atoms. The fraction of sp³-hybridized carbons (Fsp3) is 0.571. The van der Waals surface area contributed by atoms with E-state index in [0.717, 1.165) is 12.8 Å². The number of hydrogen-bond donors (Lipinski definition) is 1. The zero-order valence-electron chi connectivity index (χ0n) is 17.2. The molecule has 2 unspecified atom stereocenters. The minimum Gasteiger partial charge on any atom is -0.378 e. The van der Waals surface area contributed by atoms with Crippen molar-refractivity contribution in [3.63, 3.8) is 0 Å². The zero-order valence-corrected chi connectivity index (χ0v) is 18.0. The molecule has 9 heteroatoms. The summed E-state index contributed by atoms with van der Waals surface area (Å²) in [5, 5.41) is 12.4. The number of ether oxygens (including phenoxy) is 1. The molecule has 4 rings (SSSR count). The number of carbonyl (C=O) groups excluding carboxylic acids is 1. The summed E-state index contributed by atoms with van der Waals surface area (Å²) in [7, 11) is 0. The van der Waals surface area contributed by atoms with E-state index in [0.29, 0.717) is 49.0 Å². The predicted octanol–water partition coefficient (Wildman–Crippen LogP) is 3.03. The quantitative estimate of drug-likeness (QED) is 0.706. The van der Waals surface area contributed by atoms with Crippen molar-refractivity contribution in [3.8, 4) is 5.69 Å². The van der Waals surface area contributed by atoms with E-state index in [-0.39, 0.29) is 23.5 Å². The molecule has 1 saturated carbocycles. The summed E-state index contributed by atoms with van der Waals surface area (Å²) in [6.45, 7) is 4.81. The highest BCUT2D eigenvalue weighted by molar-refractivity contribution is 7.99. The van der Waals surface area contributed by atoms with Gasteiger partial charge in [-0.1, -0.05) is 37.6 Å². The van der Waals surface area contributed by atoms with Gasteiger partial charge in [0.05, 0.1) is 24.7 Å². The largest absolute Gasteiger partial charge is 0.378 e. The normalized spacial score (nSPS) is 22.1. The van der Waals surface area contributed by atoms with E-state index < -0.39 is 0 Å². The van der Waals surface area contributed by atoms with Crippen molar-refractivity contribution >= 4 is 23.6 Å². The van der Waals surface area contributed by atoms with Crippen LogP contribution in [-0.4, -0.2) is 58.8 Å². The summed E-state index contributed by atoms with van der Waals surface area (Å²) in [6.07, 6.45) is 4.61. The van der Waals surface area contributed by atoms with Crippen LogP contribution in [0.4, 0.5) is 10.3 Å². The standard InChI is InChI=1S/C21H28FN5O2S/c1-15-5-2-3-8-18(15)23-19(28)14-30-21-25-24-20(26-9-11-29-12-10-26)27(21)17-7-4-6-16(22)13-17/h4,6-7,13,15,18H,2-3,5,8-12,14H2,1H3,(H,23,28). The second-order valence-electron chi connectivity index (χ2n) is 7.92. The molecule has 1 N–H and O–H groups in total. The Morgan fingerprint density at radius 1 is 1.27 bits per heavy atom. The smallest absolute Gasteiger partial charge is 0.232 e. The third-order valence-electron chi connectivity index (χ3n) is 5.77. The SMILES string of the molecule is CC1CCCCC1NC(=O)CSc1nnc(N2CCOCC2)n1-c1cccc(F)c1. The van der Waals surface area contributed by atoms with E-state index in [1.165, 1.54) is 36.7 Å². The number of nitrogens with one attached hydrogen (secondary N) is 1. The average molecular weight is 434 g/mol. The first kappa shape index (κ1) is 21.1. The van der Waals surface area contributed by atoms with Crippen molar-refractivity contribution in [1.29, 1.82) is 0 Å². The first-order chi connectivity index (χ1) is 14.6. The lowest BCUT2D eigenvalue weighted by molar-refractivity contribution is -0.119. The Morgan fingerprint density at radius 3 is 2.83 bits per heavy atom. The Bertz CT molecular complexity index is 871. The minimum atomic E-state index is -0.325. The summed E-state index contributed by atoms with van der Waals surface area (Å²) in [5.41, 5.74) is 0.644. The van der Waals surface area contributed by atoms with Crippen molar-refractivity contribution in [2.45, 2.75) is 43.8 Å². The van der Waals surface area contributed by atoms with Crippen molar-refractivity contribution in [3.05, 3.63) is 30.1 Å². The molecule has 2 aromatic rings. The number of anilines is 1. The lowest BCUT2D eigenvalue weighted by Crippen LogP contribution is -2.41. The Kier molecular flexibility index (Phi) is 6.89.